The Morgan fingerprint density at radius 3 is 2.67 bits per heavy atom. The van der Waals surface area contributed by atoms with Gasteiger partial charge in [-0.1, -0.05) is 12.0 Å². The molecule has 0 fully saturated rings. The number of pyridine rings is 1. The van der Waals surface area contributed by atoms with Crippen LogP contribution in [0.4, 0.5) is 8.78 Å². The first-order valence-electron chi connectivity index (χ1n) is 5.08. The molecule has 0 aliphatic carbocycles. The highest BCUT2D eigenvalue weighted by molar-refractivity contribution is 5.71. The number of aromatic nitrogens is 1. The lowest BCUT2D eigenvalue weighted by Gasteiger charge is -1.94. The molecular weight excluding hydrogens is 236 g/mol. The van der Waals surface area contributed by atoms with Crippen molar-refractivity contribution in [3.05, 3.63) is 65.0 Å². The fourth-order valence-corrected chi connectivity index (χ4v) is 1.31. The lowest BCUT2D eigenvalue weighted by Crippen LogP contribution is -1.90. The molecule has 0 unspecified atom stereocenters. The number of halogens is 2. The fraction of sp³-hybridized carbons (Fsp3) is 0. The van der Waals surface area contributed by atoms with Crippen LogP contribution >= 0.6 is 0 Å². The molecule has 0 radical (unpaired) electrons. The first kappa shape index (κ1) is 11.9. The van der Waals surface area contributed by atoms with Gasteiger partial charge in [-0.15, -0.1) is 0 Å². The molecule has 0 saturated carbocycles. The zero-order chi connectivity index (χ0) is 13.0. The van der Waals surface area contributed by atoms with Gasteiger partial charge < -0.3 is 0 Å². The second-order valence-electron chi connectivity index (χ2n) is 3.44. The minimum Gasteiger partial charge on any atom is -0.296 e. The normalized spacial score (nSPS) is 9.44. The molecule has 88 valence electrons. The Balaban J connectivity index is 2.33. The minimum atomic E-state index is -0.728. The van der Waals surface area contributed by atoms with Gasteiger partial charge in [0.25, 0.3) is 0 Å². The predicted molar refractivity (Wildman–Crippen MR) is 62.0 cm³/mol. The maximum atomic E-state index is 13.3. The maximum absolute atomic E-state index is 13.3. The average Bonchev–Trinajstić information content (AvgIpc) is 2.38. The predicted octanol–water partition coefficient (Wildman–Crippen LogP) is 2.57. The fourth-order valence-electron chi connectivity index (χ4n) is 1.31. The lowest BCUT2D eigenvalue weighted by atomic mass is 10.2. The van der Waals surface area contributed by atoms with Crippen LogP contribution in [0, 0.1) is 23.5 Å². The quantitative estimate of drug-likeness (QED) is 0.569. The van der Waals surface area contributed by atoms with Gasteiger partial charge >= 0.3 is 0 Å². The Morgan fingerprint density at radius 2 is 1.94 bits per heavy atom. The van der Waals surface area contributed by atoms with Crippen LogP contribution in [0.3, 0.4) is 0 Å². The van der Waals surface area contributed by atoms with Crippen LogP contribution in [0.2, 0.25) is 0 Å². The van der Waals surface area contributed by atoms with Crippen LogP contribution in [0.15, 0.2) is 36.4 Å². The van der Waals surface area contributed by atoms with Gasteiger partial charge in [0.1, 0.15) is 23.0 Å². The maximum Gasteiger partial charge on any atom is 0.168 e. The third kappa shape index (κ3) is 2.77. The summed E-state index contributed by atoms with van der Waals surface area (Å²) in [6.45, 7) is 0. The largest absolute Gasteiger partial charge is 0.296 e. The van der Waals surface area contributed by atoms with Crippen molar-refractivity contribution < 1.29 is 13.6 Å². The Hall–Kier alpha value is -2.54. The summed E-state index contributed by atoms with van der Waals surface area (Å²) < 4.78 is 25.9. The summed E-state index contributed by atoms with van der Waals surface area (Å²) in [6.07, 6.45) is 0.601. The van der Waals surface area contributed by atoms with E-state index < -0.39 is 11.6 Å². The molecule has 0 aliphatic rings. The average molecular weight is 243 g/mol. The van der Waals surface area contributed by atoms with Crippen molar-refractivity contribution in [1.29, 1.82) is 0 Å². The van der Waals surface area contributed by atoms with Crippen LogP contribution in [0.5, 0.6) is 0 Å². The van der Waals surface area contributed by atoms with E-state index in [0.29, 0.717) is 12.0 Å². The van der Waals surface area contributed by atoms with Crippen LogP contribution in [-0.2, 0) is 0 Å². The molecule has 1 heterocycles. The number of rotatable bonds is 1. The van der Waals surface area contributed by atoms with E-state index in [2.05, 4.69) is 16.8 Å². The van der Waals surface area contributed by atoms with Crippen LogP contribution in [0.1, 0.15) is 21.7 Å². The highest BCUT2D eigenvalue weighted by atomic mass is 19.1. The van der Waals surface area contributed by atoms with Crippen LogP contribution in [-0.4, -0.2) is 11.3 Å². The van der Waals surface area contributed by atoms with Gasteiger partial charge in [0.2, 0.25) is 0 Å². The Morgan fingerprint density at radius 1 is 1.11 bits per heavy atom. The Kier molecular flexibility index (Phi) is 3.44. The van der Waals surface area contributed by atoms with Gasteiger partial charge in [0.15, 0.2) is 6.29 Å². The van der Waals surface area contributed by atoms with Crippen molar-refractivity contribution in [2.45, 2.75) is 0 Å². The first-order valence-corrected chi connectivity index (χ1v) is 5.08. The second-order valence-corrected chi connectivity index (χ2v) is 3.44. The van der Waals surface area contributed by atoms with Crippen molar-refractivity contribution in [3.8, 4) is 11.8 Å². The molecule has 0 amide bonds. The van der Waals surface area contributed by atoms with Gasteiger partial charge in [0, 0.05) is 6.07 Å². The van der Waals surface area contributed by atoms with Gasteiger partial charge in [0.05, 0.1) is 5.56 Å². The van der Waals surface area contributed by atoms with Crippen molar-refractivity contribution >= 4 is 6.29 Å². The molecule has 2 rings (SSSR count). The molecule has 0 atom stereocenters. The molecule has 2 aromatic rings. The van der Waals surface area contributed by atoms with Gasteiger partial charge in [-0.25, -0.2) is 13.8 Å². The molecule has 4 heteroatoms. The minimum absolute atomic E-state index is 0.0784. The Bertz CT molecular complexity index is 656. The summed E-state index contributed by atoms with van der Waals surface area (Å²) in [7, 11) is 0. The van der Waals surface area contributed by atoms with E-state index in [4.69, 9.17) is 0 Å². The third-order valence-corrected chi connectivity index (χ3v) is 2.15. The summed E-state index contributed by atoms with van der Waals surface area (Å²) >= 11 is 0. The smallest absolute Gasteiger partial charge is 0.168 e. The summed E-state index contributed by atoms with van der Waals surface area (Å²) in [5.41, 5.74) is 0.680. The first-order chi connectivity index (χ1) is 8.69. The van der Waals surface area contributed by atoms with E-state index in [9.17, 15) is 13.6 Å². The summed E-state index contributed by atoms with van der Waals surface area (Å²) in [4.78, 5) is 14.4. The Labute approximate surface area is 102 Å². The zero-order valence-corrected chi connectivity index (χ0v) is 9.15. The summed E-state index contributed by atoms with van der Waals surface area (Å²) in [5, 5.41) is 0. The highest BCUT2D eigenvalue weighted by Gasteiger charge is 2.00. The number of hydrogen-bond acceptors (Lipinski definition) is 2. The number of benzene rings is 1. The number of carbonyl (C=O) groups excluding carboxylic acids is 1. The van der Waals surface area contributed by atoms with E-state index >= 15 is 0 Å². The lowest BCUT2D eigenvalue weighted by molar-refractivity contribution is 0.111. The van der Waals surface area contributed by atoms with Crippen molar-refractivity contribution in [3.63, 3.8) is 0 Å². The molecule has 0 spiro atoms. The second kappa shape index (κ2) is 5.19. The molecular formula is C14H7F2NO. The highest BCUT2D eigenvalue weighted by Crippen LogP contribution is 2.08. The van der Waals surface area contributed by atoms with Gasteiger partial charge in [-0.2, -0.15) is 0 Å². The van der Waals surface area contributed by atoms with E-state index in [1.807, 2.05) is 0 Å². The summed E-state index contributed by atoms with van der Waals surface area (Å²) in [5.74, 6) is 3.77. The van der Waals surface area contributed by atoms with Gasteiger partial charge in [-0.3, -0.25) is 4.79 Å². The van der Waals surface area contributed by atoms with Crippen molar-refractivity contribution in [2.75, 3.05) is 0 Å². The van der Waals surface area contributed by atoms with E-state index in [-0.39, 0.29) is 11.3 Å². The zero-order valence-electron chi connectivity index (χ0n) is 9.15. The molecule has 1 aromatic carbocycles. The molecule has 0 N–H and O–H groups in total. The molecule has 0 bridgehead atoms. The van der Waals surface area contributed by atoms with E-state index in [1.165, 1.54) is 12.1 Å². The van der Waals surface area contributed by atoms with Gasteiger partial charge in [-0.05, 0) is 30.2 Å². The monoisotopic (exact) mass is 243 g/mol. The molecule has 18 heavy (non-hydrogen) atoms. The van der Waals surface area contributed by atoms with Crippen molar-refractivity contribution in [2.24, 2.45) is 0 Å². The standard InChI is InChI=1S/C14H7F2NO/c15-11-6-4-10(14(16)8-11)5-7-12-2-1-3-13(9-18)17-12/h1-4,6,8-9H. The van der Waals surface area contributed by atoms with Crippen LogP contribution in [0.25, 0.3) is 0 Å². The van der Waals surface area contributed by atoms with Crippen LogP contribution < -0.4 is 0 Å². The van der Waals surface area contributed by atoms with E-state index in [1.54, 1.807) is 12.1 Å². The third-order valence-electron chi connectivity index (χ3n) is 2.15. The molecule has 0 saturated heterocycles. The molecule has 1 aromatic heterocycles. The topological polar surface area (TPSA) is 30.0 Å². The molecule has 2 nitrogen and oxygen atoms in total. The SMILES string of the molecule is O=Cc1cccc(C#Cc2ccc(F)cc2F)n1. The van der Waals surface area contributed by atoms with Crippen molar-refractivity contribution in [1.82, 2.24) is 4.98 Å². The molecule has 0 aliphatic heterocycles. The number of carbonyl (C=O) groups is 1. The number of nitrogens with zero attached hydrogens (tertiary/aromatic N) is 1. The number of hydrogen-bond donors (Lipinski definition) is 0. The summed E-state index contributed by atoms with van der Waals surface area (Å²) in [6, 6.07) is 7.91. The number of aldehydes is 1. The van der Waals surface area contributed by atoms with E-state index in [0.717, 1.165) is 12.1 Å².